The van der Waals surface area contributed by atoms with E-state index in [-0.39, 0.29) is 0 Å². The highest BCUT2D eigenvalue weighted by Crippen LogP contribution is 2.07. The highest BCUT2D eigenvalue weighted by molar-refractivity contribution is 7.99. The predicted molar refractivity (Wildman–Crippen MR) is 63.0 cm³/mol. The molecule has 3 nitrogen and oxygen atoms in total. The van der Waals surface area contributed by atoms with E-state index in [4.69, 9.17) is 5.11 Å². The number of aliphatic hydroxyl groups excluding tert-OH is 1. The van der Waals surface area contributed by atoms with E-state index in [1.54, 1.807) is 0 Å². The van der Waals surface area contributed by atoms with Crippen LogP contribution in [-0.2, 0) is 0 Å². The molecule has 14 heavy (non-hydrogen) atoms. The van der Waals surface area contributed by atoms with Crippen LogP contribution in [0.5, 0.6) is 0 Å². The summed E-state index contributed by atoms with van der Waals surface area (Å²) < 4.78 is 0. The Morgan fingerprint density at radius 3 is 2.64 bits per heavy atom. The highest BCUT2D eigenvalue weighted by atomic mass is 32.2. The molecule has 0 amide bonds. The van der Waals surface area contributed by atoms with E-state index >= 15 is 0 Å². The number of rotatable bonds is 7. The van der Waals surface area contributed by atoms with Gasteiger partial charge in [-0.2, -0.15) is 11.8 Å². The third kappa shape index (κ3) is 5.86. The molecule has 1 saturated heterocycles. The lowest BCUT2D eigenvalue weighted by molar-refractivity contribution is 0.280. The molecule has 0 spiro atoms. The Labute approximate surface area is 91.2 Å². The van der Waals surface area contributed by atoms with Crippen LogP contribution in [-0.4, -0.2) is 60.8 Å². The summed E-state index contributed by atoms with van der Waals surface area (Å²) in [6.07, 6.45) is 2.01. The van der Waals surface area contributed by atoms with Gasteiger partial charge in [-0.1, -0.05) is 0 Å². The molecule has 0 radical (unpaired) electrons. The van der Waals surface area contributed by atoms with Gasteiger partial charge in [-0.15, -0.1) is 0 Å². The van der Waals surface area contributed by atoms with Crippen LogP contribution < -0.4 is 5.32 Å². The number of nitrogens with one attached hydrogen (secondary N) is 1. The van der Waals surface area contributed by atoms with Gasteiger partial charge in [0.15, 0.2) is 0 Å². The fraction of sp³-hybridized carbons (Fsp3) is 1.00. The first-order valence-electron chi connectivity index (χ1n) is 5.55. The Morgan fingerprint density at radius 2 is 1.93 bits per heavy atom. The monoisotopic (exact) mass is 218 g/mol. The summed E-state index contributed by atoms with van der Waals surface area (Å²) in [5.74, 6) is 2.59. The van der Waals surface area contributed by atoms with Gasteiger partial charge in [0.25, 0.3) is 0 Å². The van der Waals surface area contributed by atoms with Gasteiger partial charge in [0.2, 0.25) is 0 Å². The molecular formula is C10H22N2OS. The molecule has 0 aliphatic carbocycles. The molecule has 0 aromatic carbocycles. The van der Waals surface area contributed by atoms with Gasteiger partial charge in [-0.05, 0) is 19.4 Å². The molecule has 0 unspecified atom stereocenters. The molecule has 0 bridgehead atoms. The summed E-state index contributed by atoms with van der Waals surface area (Å²) in [5, 5.41) is 12.0. The molecule has 0 atom stereocenters. The van der Waals surface area contributed by atoms with Crippen LogP contribution in [0.15, 0.2) is 0 Å². The molecule has 0 aromatic heterocycles. The molecule has 1 aliphatic rings. The fourth-order valence-electron chi connectivity index (χ4n) is 1.55. The van der Waals surface area contributed by atoms with Crippen molar-refractivity contribution in [3.05, 3.63) is 0 Å². The smallest absolute Gasteiger partial charge is 0.0431 e. The number of aliphatic hydroxyl groups is 1. The van der Waals surface area contributed by atoms with Crippen molar-refractivity contribution in [1.82, 2.24) is 10.2 Å². The second-order valence-corrected chi connectivity index (χ2v) is 4.86. The molecular weight excluding hydrogens is 196 g/mol. The van der Waals surface area contributed by atoms with Gasteiger partial charge < -0.3 is 15.3 Å². The zero-order valence-corrected chi connectivity index (χ0v) is 9.69. The Balaban J connectivity index is 1.82. The third-order valence-electron chi connectivity index (χ3n) is 2.47. The van der Waals surface area contributed by atoms with Crippen molar-refractivity contribution in [2.75, 3.05) is 50.8 Å². The zero-order valence-electron chi connectivity index (χ0n) is 8.87. The van der Waals surface area contributed by atoms with E-state index in [1.807, 2.05) is 0 Å². The van der Waals surface area contributed by atoms with Crippen LogP contribution in [0.2, 0.25) is 0 Å². The first-order valence-corrected chi connectivity index (χ1v) is 6.70. The molecule has 2 N–H and O–H groups in total. The van der Waals surface area contributed by atoms with Crippen LogP contribution in [0.4, 0.5) is 0 Å². The van der Waals surface area contributed by atoms with E-state index in [1.165, 1.54) is 31.1 Å². The van der Waals surface area contributed by atoms with E-state index in [0.717, 1.165) is 25.9 Å². The second-order valence-electron chi connectivity index (χ2n) is 3.63. The van der Waals surface area contributed by atoms with Crippen LogP contribution in [0, 0.1) is 0 Å². The number of thioether (sulfide) groups is 1. The maximum Gasteiger partial charge on any atom is 0.0431 e. The summed E-state index contributed by atoms with van der Waals surface area (Å²) in [6, 6.07) is 0. The van der Waals surface area contributed by atoms with Crippen LogP contribution in [0.3, 0.4) is 0 Å². The Morgan fingerprint density at radius 1 is 1.14 bits per heavy atom. The van der Waals surface area contributed by atoms with Crippen molar-refractivity contribution in [2.24, 2.45) is 0 Å². The van der Waals surface area contributed by atoms with Crippen LogP contribution in [0.1, 0.15) is 12.8 Å². The zero-order chi connectivity index (χ0) is 10.1. The van der Waals surface area contributed by atoms with Gasteiger partial charge in [0.1, 0.15) is 0 Å². The SMILES string of the molecule is OCCCCNCCN1CCSCC1. The van der Waals surface area contributed by atoms with Gasteiger partial charge >= 0.3 is 0 Å². The van der Waals surface area contributed by atoms with Crippen molar-refractivity contribution < 1.29 is 5.11 Å². The molecule has 84 valence electrons. The van der Waals surface area contributed by atoms with Crippen molar-refractivity contribution >= 4 is 11.8 Å². The van der Waals surface area contributed by atoms with Gasteiger partial charge in [-0.3, -0.25) is 0 Å². The first-order chi connectivity index (χ1) is 6.93. The standard InChI is InChI=1S/C10H22N2OS/c13-8-2-1-3-11-4-5-12-6-9-14-10-7-12/h11,13H,1-10H2. The van der Waals surface area contributed by atoms with E-state index < -0.39 is 0 Å². The van der Waals surface area contributed by atoms with E-state index in [9.17, 15) is 0 Å². The van der Waals surface area contributed by atoms with E-state index in [2.05, 4.69) is 22.0 Å². The minimum atomic E-state index is 0.324. The number of unbranched alkanes of at least 4 members (excludes halogenated alkanes) is 1. The third-order valence-corrected chi connectivity index (χ3v) is 3.41. The highest BCUT2D eigenvalue weighted by Gasteiger charge is 2.08. The largest absolute Gasteiger partial charge is 0.396 e. The lowest BCUT2D eigenvalue weighted by atomic mass is 10.3. The van der Waals surface area contributed by atoms with Gasteiger partial charge in [0.05, 0.1) is 0 Å². The van der Waals surface area contributed by atoms with Crippen molar-refractivity contribution in [3.63, 3.8) is 0 Å². The number of hydrogen-bond acceptors (Lipinski definition) is 4. The predicted octanol–water partition coefficient (Wildman–Crippen LogP) is 0.397. The van der Waals surface area contributed by atoms with Crippen LogP contribution >= 0.6 is 11.8 Å². The molecule has 1 fully saturated rings. The minimum Gasteiger partial charge on any atom is -0.396 e. The maximum atomic E-state index is 8.59. The molecule has 1 heterocycles. The average Bonchev–Trinajstić information content (AvgIpc) is 2.25. The van der Waals surface area contributed by atoms with Crippen molar-refractivity contribution in [3.8, 4) is 0 Å². The van der Waals surface area contributed by atoms with Gasteiger partial charge in [-0.25, -0.2) is 0 Å². The van der Waals surface area contributed by atoms with Crippen molar-refractivity contribution in [2.45, 2.75) is 12.8 Å². The molecule has 4 heteroatoms. The van der Waals surface area contributed by atoms with Gasteiger partial charge in [0, 0.05) is 44.3 Å². The number of nitrogens with zero attached hydrogens (tertiary/aromatic N) is 1. The lowest BCUT2D eigenvalue weighted by Crippen LogP contribution is -2.37. The Bertz CT molecular complexity index is 129. The number of hydrogen-bond donors (Lipinski definition) is 2. The quantitative estimate of drug-likeness (QED) is 0.606. The average molecular weight is 218 g/mol. The Kier molecular flexibility index (Phi) is 7.50. The maximum absolute atomic E-state index is 8.59. The first kappa shape index (κ1) is 12.3. The summed E-state index contributed by atoms with van der Waals surface area (Å²) >= 11 is 2.06. The summed E-state index contributed by atoms with van der Waals surface area (Å²) in [6.45, 7) is 6.15. The fourth-order valence-corrected chi connectivity index (χ4v) is 2.53. The van der Waals surface area contributed by atoms with Crippen molar-refractivity contribution in [1.29, 1.82) is 0 Å². The normalized spacial score (nSPS) is 18.6. The minimum absolute atomic E-state index is 0.324. The summed E-state index contributed by atoms with van der Waals surface area (Å²) in [7, 11) is 0. The van der Waals surface area contributed by atoms with E-state index in [0.29, 0.717) is 6.61 Å². The topological polar surface area (TPSA) is 35.5 Å². The van der Waals surface area contributed by atoms with Crippen LogP contribution in [0.25, 0.3) is 0 Å². The lowest BCUT2D eigenvalue weighted by Gasteiger charge is -2.26. The molecule has 1 rings (SSSR count). The molecule has 0 aromatic rings. The summed E-state index contributed by atoms with van der Waals surface area (Å²) in [5.41, 5.74) is 0. The molecule has 0 saturated carbocycles. The molecule has 1 aliphatic heterocycles. The summed E-state index contributed by atoms with van der Waals surface area (Å²) in [4.78, 5) is 2.52. The Hall–Kier alpha value is 0.230. The second kappa shape index (κ2) is 8.53.